The zero-order chi connectivity index (χ0) is 13.9. The van der Waals surface area contributed by atoms with Gasteiger partial charge in [0.15, 0.2) is 0 Å². The molecule has 0 aliphatic rings. The van der Waals surface area contributed by atoms with Crippen LogP contribution in [0.25, 0.3) is 0 Å². The molecule has 0 amide bonds. The maximum absolute atomic E-state index is 5.46. The van der Waals surface area contributed by atoms with E-state index in [2.05, 4.69) is 37.4 Å². The third-order valence-corrected chi connectivity index (χ3v) is 3.53. The second-order valence-electron chi connectivity index (χ2n) is 5.23. The quantitative estimate of drug-likeness (QED) is 0.643. The SMILES string of the molecule is CCCCC(CNCCC)Cc1ccccc1OC. The van der Waals surface area contributed by atoms with E-state index in [1.165, 1.54) is 31.2 Å². The Balaban J connectivity index is 2.58. The van der Waals surface area contributed by atoms with Gasteiger partial charge in [-0.05, 0) is 49.9 Å². The molecule has 0 heterocycles. The highest BCUT2D eigenvalue weighted by atomic mass is 16.5. The van der Waals surface area contributed by atoms with E-state index >= 15 is 0 Å². The van der Waals surface area contributed by atoms with Crippen molar-refractivity contribution in [2.45, 2.75) is 46.0 Å². The van der Waals surface area contributed by atoms with Crippen molar-refractivity contribution in [3.8, 4) is 5.75 Å². The zero-order valence-electron chi connectivity index (χ0n) is 12.7. The van der Waals surface area contributed by atoms with Crippen molar-refractivity contribution in [2.75, 3.05) is 20.2 Å². The third kappa shape index (κ3) is 6.11. The summed E-state index contributed by atoms with van der Waals surface area (Å²) in [5.74, 6) is 1.74. The molecular weight excluding hydrogens is 234 g/mol. The van der Waals surface area contributed by atoms with Crippen LogP contribution in [0.3, 0.4) is 0 Å². The van der Waals surface area contributed by atoms with Crippen LogP contribution in [0.1, 0.15) is 45.1 Å². The predicted molar refractivity (Wildman–Crippen MR) is 82.9 cm³/mol. The first-order valence-corrected chi connectivity index (χ1v) is 7.64. The fraction of sp³-hybridized carbons (Fsp3) is 0.647. The van der Waals surface area contributed by atoms with Crippen molar-refractivity contribution in [1.29, 1.82) is 0 Å². The Labute approximate surface area is 118 Å². The van der Waals surface area contributed by atoms with E-state index in [1.54, 1.807) is 7.11 Å². The van der Waals surface area contributed by atoms with Gasteiger partial charge in [-0.3, -0.25) is 0 Å². The van der Waals surface area contributed by atoms with Crippen LogP contribution in [0.5, 0.6) is 5.75 Å². The molecule has 19 heavy (non-hydrogen) atoms. The van der Waals surface area contributed by atoms with E-state index in [1.807, 2.05) is 6.07 Å². The fourth-order valence-electron chi connectivity index (χ4n) is 2.43. The number of hydrogen-bond acceptors (Lipinski definition) is 2. The first-order chi connectivity index (χ1) is 9.31. The lowest BCUT2D eigenvalue weighted by Gasteiger charge is -2.19. The van der Waals surface area contributed by atoms with Gasteiger partial charge in [0.1, 0.15) is 5.75 Å². The van der Waals surface area contributed by atoms with Crippen molar-refractivity contribution in [3.05, 3.63) is 29.8 Å². The molecule has 0 bridgehead atoms. The Hall–Kier alpha value is -1.02. The zero-order valence-corrected chi connectivity index (χ0v) is 12.7. The number of para-hydroxylation sites is 1. The highest BCUT2D eigenvalue weighted by Gasteiger charge is 2.11. The average Bonchev–Trinajstić information content (AvgIpc) is 2.45. The molecule has 1 N–H and O–H groups in total. The highest BCUT2D eigenvalue weighted by molar-refractivity contribution is 5.33. The largest absolute Gasteiger partial charge is 0.496 e. The predicted octanol–water partition coefficient (Wildman–Crippen LogP) is 4.04. The van der Waals surface area contributed by atoms with E-state index in [0.717, 1.165) is 25.3 Å². The average molecular weight is 263 g/mol. The lowest BCUT2D eigenvalue weighted by Crippen LogP contribution is -2.25. The summed E-state index contributed by atoms with van der Waals surface area (Å²) in [6, 6.07) is 8.40. The number of hydrogen-bond donors (Lipinski definition) is 1. The molecule has 108 valence electrons. The highest BCUT2D eigenvalue weighted by Crippen LogP contribution is 2.23. The number of unbranched alkanes of at least 4 members (excludes halogenated alkanes) is 1. The Morgan fingerprint density at radius 1 is 1.16 bits per heavy atom. The number of ether oxygens (including phenoxy) is 1. The number of rotatable bonds is 10. The van der Waals surface area contributed by atoms with E-state index in [4.69, 9.17) is 4.74 Å². The molecule has 1 aromatic carbocycles. The monoisotopic (exact) mass is 263 g/mol. The molecule has 1 aromatic rings. The van der Waals surface area contributed by atoms with Gasteiger partial charge in [-0.2, -0.15) is 0 Å². The van der Waals surface area contributed by atoms with Crippen LogP contribution in [0.2, 0.25) is 0 Å². The van der Waals surface area contributed by atoms with Gasteiger partial charge in [-0.25, -0.2) is 0 Å². The molecule has 0 radical (unpaired) electrons. The smallest absolute Gasteiger partial charge is 0.122 e. The summed E-state index contributed by atoms with van der Waals surface area (Å²) in [5.41, 5.74) is 1.34. The summed E-state index contributed by atoms with van der Waals surface area (Å²) in [5, 5.41) is 3.56. The molecule has 0 aliphatic heterocycles. The molecule has 1 unspecified atom stereocenters. The van der Waals surface area contributed by atoms with Crippen molar-refractivity contribution in [3.63, 3.8) is 0 Å². The lowest BCUT2D eigenvalue weighted by atomic mass is 9.93. The summed E-state index contributed by atoms with van der Waals surface area (Å²) < 4.78 is 5.46. The second kappa shape index (κ2) is 9.85. The molecule has 0 spiro atoms. The van der Waals surface area contributed by atoms with Crippen LogP contribution >= 0.6 is 0 Å². The lowest BCUT2D eigenvalue weighted by molar-refractivity contribution is 0.392. The number of methoxy groups -OCH3 is 1. The van der Waals surface area contributed by atoms with E-state index in [9.17, 15) is 0 Å². The Bertz CT molecular complexity index is 338. The van der Waals surface area contributed by atoms with Crippen LogP contribution in [0.15, 0.2) is 24.3 Å². The maximum atomic E-state index is 5.46. The molecule has 0 saturated heterocycles. The topological polar surface area (TPSA) is 21.3 Å². The summed E-state index contributed by atoms with van der Waals surface area (Å²) in [6.07, 6.45) is 6.20. The van der Waals surface area contributed by atoms with Crippen molar-refractivity contribution in [1.82, 2.24) is 5.32 Å². The van der Waals surface area contributed by atoms with Gasteiger partial charge in [0.05, 0.1) is 7.11 Å². The molecule has 1 rings (SSSR count). The minimum atomic E-state index is 0.711. The molecule has 0 saturated carbocycles. The van der Waals surface area contributed by atoms with Gasteiger partial charge >= 0.3 is 0 Å². The van der Waals surface area contributed by atoms with Crippen molar-refractivity contribution >= 4 is 0 Å². The molecular formula is C17H29NO. The molecule has 2 heteroatoms. The summed E-state index contributed by atoms with van der Waals surface area (Å²) in [6.45, 7) is 6.72. The van der Waals surface area contributed by atoms with E-state index in [-0.39, 0.29) is 0 Å². The summed E-state index contributed by atoms with van der Waals surface area (Å²) >= 11 is 0. The first-order valence-electron chi connectivity index (χ1n) is 7.64. The van der Waals surface area contributed by atoms with E-state index in [0.29, 0.717) is 5.92 Å². The van der Waals surface area contributed by atoms with Gasteiger partial charge in [-0.15, -0.1) is 0 Å². The van der Waals surface area contributed by atoms with Gasteiger partial charge < -0.3 is 10.1 Å². The van der Waals surface area contributed by atoms with Crippen molar-refractivity contribution < 1.29 is 4.74 Å². The van der Waals surface area contributed by atoms with Crippen LogP contribution in [-0.4, -0.2) is 20.2 Å². The minimum absolute atomic E-state index is 0.711. The van der Waals surface area contributed by atoms with Gasteiger partial charge in [0, 0.05) is 0 Å². The van der Waals surface area contributed by atoms with Crippen LogP contribution in [0.4, 0.5) is 0 Å². The molecule has 0 aliphatic carbocycles. The third-order valence-electron chi connectivity index (χ3n) is 3.53. The molecule has 0 aromatic heterocycles. The van der Waals surface area contributed by atoms with E-state index < -0.39 is 0 Å². The number of benzene rings is 1. The van der Waals surface area contributed by atoms with Gasteiger partial charge in [0.25, 0.3) is 0 Å². The molecule has 1 atom stereocenters. The Morgan fingerprint density at radius 2 is 1.95 bits per heavy atom. The van der Waals surface area contributed by atoms with Crippen LogP contribution in [0, 0.1) is 5.92 Å². The maximum Gasteiger partial charge on any atom is 0.122 e. The Morgan fingerprint density at radius 3 is 2.63 bits per heavy atom. The standard InChI is InChI=1S/C17H29NO/c1-4-6-9-15(14-18-12-5-2)13-16-10-7-8-11-17(16)19-3/h7-8,10-11,15,18H,4-6,9,12-14H2,1-3H3. The minimum Gasteiger partial charge on any atom is -0.496 e. The first kappa shape index (κ1) is 16.0. The summed E-state index contributed by atoms with van der Waals surface area (Å²) in [7, 11) is 1.76. The second-order valence-corrected chi connectivity index (χ2v) is 5.23. The van der Waals surface area contributed by atoms with Crippen molar-refractivity contribution in [2.24, 2.45) is 5.92 Å². The molecule has 2 nitrogen and oxygen atoms in total. The Kier molecular flexibility index (Phi) is 8.31. The fourth-order valence-corrected chi connectivity index (χ4v) is 2.43. The number of nitrogens with one attached hydrogen (secondary N) is 1. The van der Waals surface area contributed by atoms with Gasteiger partial charge in [-0.1, -0.05) is 44.9 Å². The summed E-state index contributed by atoms with van der Waals surface area (Å²) in [4.78, 5) is 0. The van der Waals surface area contributed by atoms with Gasteiger partial charge in [0.2, 0.25) is 0 Å². The van der Waals surface area contributed by atoms with Crippen LogP contribution < -0.4 is 10.1 Å². The van der Waals surface area contributed by atoms with Crippen LogP contribution in [-0.2, 0) is 6.42 Å². The normalized spacial score (nSPS) is 12.4. The molecule has 0 fully saturated rings.